The Morgan fingerprint density at radius 3 is 2.50 bits per heavy atom. The Kier molecular flexibility index (Phi) is 8.11. The zero-order valence-electron chi connectivity index (χ0n) is 12.7. The molecule has 1 atom stereocenters. The number of hydrogen-bond acceptors (Lipinski definition) is 2. The number of hydrogen-bond donors (Lipinski definition) is 1. The molecule has 4 heteroatoms. The normalized spacial score (nSPS) is 13.2. The van der Waals surface area contributed by atoms with Crippen LogP contribution in [0.4, 0.5) is 0 Å². The van der Waals surface area contributed by atoms with Crippen molar-refractivity contribution in [3.05, 3.63) is 33.3 Å². The predicted octanol–water partition coefficient (Wildman–Crippen LogP) is 5.00. The molecule has 0 bridgehead atoms. The lowest BCUT2D eigenvalue weighted by molar-refractivity contribution is 0.154. The number of rotatable bonds is 8. The highest BCUT2D eigenvalue weighted by Gasteiger charge is 2.21. The van der Waals surface area contributed by atoms with Gasteiger partial charge in [-0.3, -0.25) is 4.90 Å². The van der Waals surface area contributed by atoms with Gasteiger partial charge in [-0.25, -0.2) is 0 Å². The molecule has 0 fully saturated rings. The van der Waals surface area contributed by atoms with E-state index in [1.807, 2.05) is 6.07 Å². The van der Waals surface area contributed by atoms with Gasteiger partial charge < -0.3 is 5.73 Å². The summed E-state index contributed by atoms with van der Waals surface area (Å²) >= 11 is 9.58. The fraction of sp³-hybridized carbons (Fsp3) is 0.625. The van der Waals surface area contributed by atoms with Crippen LogP contribution in [0.15, 0.2) is 22.7 Å². The van der Waals surface area contributed by atoms with E-state index in [2.05, 4.69) is 53.7 Å². The van der Waals surface area contributed by atoms with Gasteiger partial charge in [-0.15, -0.1) is 0 Å². The Hall–Kier alpha value is -0.0900. The van der Waals surface area contributed by atoms with Crippen LogP contribution in [-0.2, 0) is 0 Å². The predicted molar refractivity (Wildman–Crippen MR) is 92.3 cm³/mol. The van der Waals surface area contributed by atoms with Crippen LogP contribution in [0.2, 0.25) is 5.02 Å². The van der Waals surface area contributed by atoms with Gasteiger partial charge in [0.2, 0.25) is 0 Å². The average molecular weight is 362 g/mol. The summed E-state index contributed by atoms with van der Waals surface area (Å²) in [4.78, 5) is 2.49. The van der Waals surface area contributed by atoms with Gasteiger partial charge in [0.15, 0.2) is 0 Å². The van der Waals surface area contributed by atoms with Crippen LogP contribution in [0.25, 0.3) is 0 Å². The van der Waals surface area contributed by atoms with E-state index in [1.165, 1.54) is 24.8 Å². The molecule has 1 aromatic carbocycles. The molecule has 20 heavy (non-hydrogen) atoms. The smallest absolute Gasteiger partial charge is 0.0548 e. The van der Waals surface area contributed by atoms with Crippen LogP contribution in [0, 0.1) is 0 Å². The monoisotopic (exact) mass is 360 g/mol. The number of halogens is 2. The third kappa shape index (κ3) is 5.03. The van der Waals surface area contributed by atoms with Gasteiger partial charge in [0.25, 0.3) is 0 Å². The fourth-order valence-corrected chi connectivity index (χ4v) is 3.01. The van der Waals surface area contributed by atoms with E-state index < -0.39 is 0 Å². The maximum Gasteiger partial charge on any atom is 0.0548 e. The number of benzene rings is 1. The van der Waals surface area contributed by atoms with E-state index in [-0.39, 0.29) is 6.04 Å². The van der Waals surface area contributed by atoms with Crippen LogP contribution in [0.5, 0.6) is 0 Å². The second kappa shape index (κ2) is 9.04. The maximum atomic E-state index is 6.08. The van der Waals surface area contributed by atoms with Gasteiger partial charge in [0, 0.05) is 23.1 Å². The van der Waals surface area contributed by atoms with E-state index in [4.69, 9.17) is 17.3 Å². The van der Waals surface area contributed by atoms with Crippen LogP contribution < -0.4 is 5.73 Å². The molecule has 1 rings (SSSR count). The highest BCUT2D eigenvalue weighted by atomic mass is 79.9. The molecule has 1 aromatic rings. The molecular weight excluding hydrogens is 336 g/mol. The molecule has 0 aliphatic rings. The average Bonchev–Trinajstić information content (AvgIpc) is 2.41. The van der Waals surface area contributed by atoms with Crippen molar-refractivity contribution in [2.24, 2.45) is 5.73 Å². The third-order valence-electron chi connectivity index (χ3n) is 3.64. The van der Waals surface area contributed by atoms with Crippen molar-refractivity contribution in [1.29, 1.82) is 0 Å². The quantitative estimate of drug-likeness (QED) is 0.660. The molecule has 0 aromatic heterocycles. The Bertz CT molecular complexity index is 409. The number of unbranched alkanes of at least 4 members (excludes halogenated alkanes) is 2. The Morgan fingerprint density at radius 1 is 1.30 bits per heavy atom. The van der Waals surface area contributed by atoms with Gasteiger partial charge in [0.05, 0.1) is 5.02 Å². The van der Waals surface area contributed by atoms with E-state index in [9.17, 15) is 0 Å². The van der Waals surface area contributed by atoms with Crippen molar-refractivity contribution in [3.63, 3.8) is 0 Å². The summed E-state index contributed by atoms with van der Waals surface area (Å²) in [5.41, 5.74) is 7.28. The summed E-state index contributed by atoms with van der Waals surface area (Å²) in [5, 5.41) is 0.742. The molecule has 0 aliphatic heterocycles. The van der Waals surface area contributed by atoms with Crippen LogP contribution >= 0.6 is 27.5 Å². The SMILES string of the molecule is CCCCCN(C(C)C)C(CN)c1ccc(Cl)c(Br)c1. The maximum absolute atomic E-state index is 6.08. The van der Waals surface area contributed by atoms with E-state index in [1.54, 1.807) is 0 Å². The van der Waals surface area contributed by atoms with Crippen molar-refractivity contribution in [2.75, 3.05) is 13.1 Å². The van der Waals surface area contributed by atoms with Crippen molar-refractivity contribution in [1.82, 2.24) is 4.90 Å². The minimum Gasteiger partial charge on any atom is -0.329 e. The second-order valence-corrected chi connectivity index (χ2v) is 6.73. The lowest BCUT2D eigenvalue weighted by Gasteiger charge is -2.35. The second-order valence-electron chi connectivity index (χ2n) is 5.46. The molecule has 0 saturated heterocycles. The van der Waals surface area contributed by atoms with Crippen molar-refractivity contribution >= 4 is 27.5 Å². The first kappa shape index (κ1) is 18.0. The Labute approximate surface area is 136 Å². The van der Waals surface area contributed by atoms with E-state index in [0.717, 1.165) is 16.0 Å². The molecule has 2 nitrogen and oxygen atoms in total. The summed E-state index contributed by atoms with van der Waals surface area (Å²) in [6.07, 6.45) is 3.73. The molecule has 0 heterocycles. The lowest BCUT2D eigenvalue weighted by Crippen LogP contribution is -2.39. The first-order chi connectivity index (χ1) is 9.51. The van der Waals surface area contributed by atoms with Crippen LogP contribution in [-0.4, -0.2) is 24.0 Å². The summed E-state index contributed by atoms with van der Waals surface area (Å²) in [6, 6.07) is 6.85. The number of nitrogens with two attached hydrogens (primary N) is 1. The lowest BCUT2D eigenvalue weighted by atomic mass is 10.0. The molecular formula is C16H26BrClN2. The minimum absolute atomic E-state index is 0.250. The molecule has 0 radical (unpaired) electrons. The Balaban J connectivity index is 2.91. The highest BCUT2D eigenvalue weighted by Crippen LogP contribution is 2.29. The molecule has 114 valence electrons. The molecule has 1 unspecified atom stereocenters. The van der Waals surface area contributed by atoms with E-state index >= 15 is 0 Å². The van der Waals surface area contributed by atoms with Gasteiger partial charge in [-0.05, 0) is 60.4 Å². The Morgan fingerprint density at radius 2 is 2.00 bits per heavy atom. The third-order valence-corrected chi connectivity index (χ3v) is 4.85. The zero-order chi connectivity index (χ0) is 15.1. The van der Waals surface area contributed by atoms with Crippen molar-refractivity contribution in [2.45, 2.75) is 52.1 Å². The molecule has 0 spiro atoms. The topological polar surface area (TPSA) is 29.3 Å². The first-order valence-corrected chi connectivity index (χ1v) is 8.59. The van der Waals surface area contributed by atoms with Gasteiger partial charge in [-0.1, -0.05) is 37.4 Å². The molecule has 0 amide bonds. The van der Waals surface area contributed by atoms with Crippen molar-refractivity contribution in [3.8, 4) is 0 Å². The number of nitrogens with zero attached hydrogens (tertiary/aromatic N) is 1. The zero-order valence-corrected chi connectivity index (χ0v) is 15.0. The summed E-state index contributed by atoms with van der Waals surface area (Å²) < 4.78 is 0.937. The molecule has 0 aliphatic carbocycles. The van der Waals surface area contributed by atoms with Gasteiger partial charge in [0.1, 0.15) is 0 Å². The highest BCUT2D eigenvalue weighted by molar-refractivity contribution is 9.10. The summed E-state index contributed by atoms with van der Waals surface area (Å²) in [6.45, 7) is 8.42. The molecule has 2 N–H and O–H groups in total. The first-order valence-electron chi connectivity index (χ1n) is 7.42. The summed E-state index contributed by atoms with van der Waals surface area (Å²) in [5.74, 6) is 0. The molecule has 0 saturated carbocycles. The van der Waals surface area contributed by atoms with E-state index in [0.29, 0.717) is 12.6 Å². The standard InChI is InChI=1S/C16H26BrClN2/c1-4-5-6-9-20(12(2)3)16(11-19)13-7-8-15(18)14(17)10-13/h7-8,10,12,16H,4-6,9,11,19H2,1-3H3. The minimum atomic E-state index is 0.250. The van der Waals surface area contributed by atoms with Crippen LogP contribution in [0.1, 0.15) is 51.6 Å². The summed E-state index contributed by atoms with van der Waals surface area (Å²) in [7, 11) is 0. The van der Waals surface area contributed by atoms with Crippen molar-refractivity contribution < 1.29 is 0 Å². The largest absolute Gasteiger partial charge is 0.329 e. The van der Waals surface area contributed by atoms with Crippen LogP contribution in [0.3, 0.4) is 0 Å². The van der Waals surface area contributed by atoms with Gasteiger partial charge in [-0.2, -0.15) is 0 Å². The van der Waals surface area contributed by atoms with Gasteiger partial charge >= 0.3 is 0 Å². The fourth-order valence-electron chi connectivity index (χ4n) is 2.50.